The van der Waals surface area contributed by atoms with E-state index < -0.39 is 5.97 Å². The van der Waals surface area contributed by atoms with Gasteiger partial charge in [0.05, 0.1) is 23.6 Å². The SMILES string of the molecule is CCCc1cccc(-c2cc(=O)c3cc(C(=O)O)ccc3o2)c1OC. The van der Waals surface area contributed by atoms with Crippen molar-refractivity contribution in [2.75, 3.05) is 7.11 Å². The van der Waals surface area contributed by atoms with Crippen LogP contribution in [0.2, 0.25) is 0 Å². The third-order valence-corrected chi connectivity index (χ3v) is 4.06. The Labute approximate surface area is 144 Å². The first-order valence-corrected chi connectivity index (χ1v) is 8.02. The Kier molecular flexibility index (Phi) is 4.57. The summed E-state index contributed by atoms with van der Waals surface area (Å²) in [5.74, 6) is 0.00342. The highest BCUT2D eigenvalue weighted by atomic mass is 16.5. The van der Waals surface area contributed by atoms with Crippen molar-refractivity contribution in [2.24, 2.45) is 0 Å². The van der Waals surface area contributed by atoms with Crippen LogP contribution in [0, 0.1) is 0 Å². The molecule has 0 fully saturated rings. The van der Waals surface area contributed by atoms with Crippen LogP contribution < -0.4 is 10.2 Å². The van der Waals surface area contributed by atoms with Gasteiger partial charge in [0.1, 0.15) is 17.1 Å². The molecule has 1 aromatic heterocycles. The Balaban J connectivity index is 2.21. The summed E-state index contributed by atoms with van der Waals surface area (Å²) in [6, 6.07) is 11.4. The predicted molar refractivity (Wildman–Crippen MR) is 95.4 cm³/mol. The van der Waals surface area contributed by atoms with Crippen LogP contribution in [0.5, 0.6) is 5.75 Å². The van der Waals surface area contributed by atoms with Gasteiger partial charge in [-0.3, -0.25) is 4.79 Å². The lowest BCUT2D eigenvalue weighted by Gasteiger charge is -2.13. The molecule has 0 saturated carbocycles. The van der Waals surface area contributed by atoms with E-state index in [2.05, 4.69) is 6.92 Å². The van der Waals surface area contributed by atoms with Crippen molar-refractivity contribution in [3.63, 3.8) is 0 Å². The molecule has 0 aliphatic carbocycles. The maximum absolute atomic E-state index is 12.5. The molecule has 1 heterocycles. The van der Waals surface area contributed by atoms with Crippen molar-refractivity contribution in [1.29, 1.82) is 0 Å². The Hall–Kier alpha value is -3.08. The lowest BCUT2D eigenvalue weighted by molar-refractivity contribution is 0.0697. The first-order valence-electron chi connectivity index (χ1n) is 8.02. The number of rotatable bonds is 5. The molecule has 5 nitrogen and oxygen atoms in total. The largest absolute Gasteiger partial charge is 0.496 e. The number of carbonyl (C=O) groups is 1. The van der Waals surface area contributed by atoms with Gasteiger partial charge in [-0.05, 0) is 36.2 Å². The Bertz CT molecular complexity index is 1000. The Morgan fingerprint density at radius 3 is 2.68 bits per heavy atom. The summed E-state index contributed by atoms with van der Waals surface area (Å²) in [6.45, 7) is 2.09. The van der Waals surface area contributed by atoms with E-state index >= 15 is 0 Å². The fraction of sp³-hybridized carbons (Fsp3) is 0.200. The Morgan fingerprint density at radius 2 is 2.00 bits per heavy atom. The first-order chi connectivity index (χ1) is 12.0. The molecule has 128 valence electrons. The number of hydrogen-bond donors (Lipinski definition) is 1. The van der Waals surface area contributed by atoms with Crippen LogP contribution in [0.1, 0.15) is 29.3 Å². The van der Waals surface area contributed by atoms with Crippen molar-refractivity contribution in [3.05, 3.63) is 63.8 Å². The number of para-hydroxylation sites is 1. The van der Waals surface area contributed by atoms with E-state index in [1.165, 1.54) is 24.3 Å². The molecular formula is C20H18O5. The number of methoxy groups -OCH3 is 1. The van der Waals surface area contributed by atoms with Crippen LogP contribution in [-0.2, 0) is 6.42 Å². The summed E-state index contributed by atoms with van der Waals surface area (Å²) >= 11 is 0. The lowest BCUT2D eigenvalue weighted by Crippen LogP contribution is -2.04. The summed E-state index contributed by atoms with van der Waals surface area (Å²) in [7, 11) is 1.59. The third kappa shape index (κ3) is 3.13. The smallest absolute Gasteiger partial charge is 0.335 e. The van der Waals surface area contributed by atoms with Gasteiger partial charge in [-0.2, -0.15) is 0 Å². The van der Waals surface area contributed by atoms with Crippen molar-refractivity contribution in [1.82, 2.24) is 0 Å². The molecule has 2 aromatic carbocycles. The molecule has 0 atom stereocenters. The van der Waals surface area contributed by atoms with Gasteiger partial charge in [0, 0.05) is 6.07 Å². The van der Waals surface area contributed by atoms with E-state index in [1.54, 1.807) is 7.11 Å². The van der Waals surface area contributed by atoms with Gasteiger partial charge in [-0.15, -0.1) is 0 Å². The number of aryl methyl sites for hydroxylation is 1. The van der Waals surface area contributed by atoms with Crippen LogP contribution in [0.3, 0.4) is 0 Å². The van der Waals surface area contributed by atoms with Gasteiger partial charge in [-0.25, -0.2) is 4.79 Å². The maximum atomic E-state index is 12.5. The zero-order valence-corrected chi connectivity index (χ0v) is 14.0. The van der Waals surface area contributed by atoms with E-state index in [9.17, 15) is 9.59 Å². The molecule has 5 heteroatoms. The van der Waals surface area contributed by atoms with E-state index in [-0.39, 0.29) is 16.4 Å². The van der Waals surface area contributed by atoms with Crippen LogP contribution >= 0.6 is 0 Å². The average molecular weight is 338 g/mol. The molecule has 25 heavy (non-hydrogen) atoms. The summed E-state index contributed by atoms with van der Waals surface area (Å²) in [5.41, 5.74) is 1.86. The number of carboxylic acids is 1. The molecule has 0 saturated heterocycles. The van der Waals surface area contributed by atoms with Crippen molar-refractivity contribution >= 4 is 16.9 Å². The first kappa shape index (κ1) is 16.8. The molecule has 0 bridgehead atoms. The minimum absolute atomic E-state index is 0.0510. The average Bonchev–Trinajstić information content (AvgIpc) is 2.61. The molecule has 1 N–H and O–H groups in total. The second-order valence-electron chi connectivity index (χ2n) is 5.74. The van der Waals surface area contributed by atoms with Crippen LogP contribution in [-0.4, -0.2) is 18.2 Å². The summed E-state index contributed by atoms with van der Waals surface area (Å²) in [5, 5.41) is 9.31. The van der Waals surface area contributed by atoms with Gasteiger partial charge in [-0.1, -0.05) is 25.5 Å². The highest BCUT2D eigenvalue weighted by Gasteiger charge is 2.15. The standard InChI is InChI=1S/C20H18O5/c1-3-5-12-6-4-7-14(19(12)24-2)18-11-16(21)15-10-13(20(22)23)8-9-17(15)25-18/h4,6-11H,3,5H2,1-2H3,(H,22,23). The van der Waals surface area contributed by atoms with Crippen molar-refractivity contribution in [3.8, 4) is 17.1 Å². The normalized spacial score (nSPS) is 10.8. The zero-order valence-electron chi connectivity index (χ0n) is 14.0. The molecule has 3 aromatic rings. The number of aromatic carboxylic acids is 1. The van der Waals surface area contributed by atoms with Gasteiger partial charge >= 0.3 is 5.97 Å². The highest BCUT2D eigenvalue weighted by molar-refractivity contribution is 5.93. The quantitative estimate of drug-likeness (QED) is 0.757. The van der Waals surface area contributed by atoms with Gasteiger partial charge in [0.2, 0.25) is 0 Å². The molecule has 0 aliphatic heterocycles. The number of benzene rings is 2. The second kappa shape index (κ2) is 6.81. The zero-order chi connectivity index (χ0) is 18.0. The summed E-state index contributed by atoms with van der Waals surface area (Å²) in [4.78, 5) is 23.5. The minimum Gasteiger partial charge on any atom is -0.496 e. The number of fused-ring (bicyclic) bond motifs is 1. The number of hydrogen-bond acceptors (Lipinski definition) is 4. The van der Waals surface area contributed by atoms with Crippen molar-refractivity contribution in [2.45, 2.75) is 19.8 Å². The maximum Gasteiger partial charge on any atom is 0.335 e. The lowest BCUT2D eigenvalue weighted by atomic mass is 10.0. The molecule has 0 unspecified atom stereocenters. The fourth-order valence-electron chi connectivity index (χ4n) is 2.91. The van der Waals surface area contributed by atoms with E-state index in [4.69, 9.17) is 14.3 Å². The summed E-state index contributed by atoms with van der Waals surface area (Å²) in [6.07, 6.45) is 1.83. The monoisotopic (exact) mass is 338 g/mol. The van der Waals surface area contributed by atoms with Crippen LogP contribution in [0.4, 0.5) is 0 Å². The molecule has 0 radical (unpaired) electrons. The Morgan fingerprint density at radius 1 is 1.20 bits per heavy atom. The van der Waals surface area contributed by atoms with Gasteiger partial charge in [0.15, 0.2) is 5.43 Å². The predicted octanol–water partition coefficient (Wildman–Crippen LogP) is 4.12. The highest BCUT2D eigenvalue weighted by Crippen LogP contribution is 2.34. The van der Waals surface area contributed by atoms with E-state index in [1.807, 2.05) is 18.2 Å². The molecular weight excluding hydrogens is 320 g/mol. The van der Waals surface area contributed by atoms with Crippen LogP contribution in [0.15, 0.2) is 51.7 Å². The van der Waals surface area contributed by atoms with E-state index in [0.29, 0.717) is 22.7 Å². The van der Waals surface area contributed by atoms with Crippen molar-refractivity contribution < 1.29 is 19.1 Å². The molecule has 0 amide bonds. The molecule has 3 rings (SSSR count). The second-order valence-corrected chi connectivity index (χ2v) is 5.74. The van der Waals surface area contributed by atoms with Crippen LogP contribution in [0.25, 0.3) is 22.3 Å². The fourth-order valence-corrected chi connectivity index (χ4v) is 2.91. The number of ether oxygens (including phenoxy) is 1. The topological polar surface area (TPSA) is 76.7 Å². The molecule has 0 aliphatic rings. The molecule has 0 spiro atoms. The third-order valence-electron chi connectivity index (χ3n) is 4.06. The van der Waals surface area contributed by atoms with Gasteiger partial charge in [0.25, 0.3) is 0 Å². The van der Waals surface area contributed by atoms with Gasteiger partial charge < -0.3 is 14.3 Å². The summed E-state index contributed by atoms with van der Waals surface area (Å²) < 4.78 is 11.4. The van der Waals surface area contributed by atoms with E-state index in [0.717, 1.165) is 18.4 Å². The number of carboxylic acid groups (broad SMARTS) is 1. The minimum atomic E-state index is -1.08.